The Kier molecular flexibility index (Phi) is 2.86. The molecule has 0 spiro atoms. The summed E-state index contributed by atoms with van der Waals surface area (Å²) in [6.45, 7) is 6.31. The van der Waals surface area contributed by atoms with Gasteiger partial charge in [-0.3, -0.25) is 0 Å². The Labute approximate surface area is 100 Å². The molecule has 0 N–H and O–H groups in total. The quantitative estimate of drug-likeness (QED) is 0.669. The fourth-order valence-corrected chi connectivity index (χ4v) is 2.32. The molecule has 0 saturated carbocycles. The zero-order valence-electron chi connectivity index (χ0n) is 9.25. The summed E-state index contributed by atoms with van der Waals surface area (Å²) in [7, 11) is 2.09. The topological polar surface area (TPSA) is 3.24 Å². The van der Waals surface area contributed by atoms with Crippen LogP contribution in [0.4, 0.5) is 0 Å². The van der Waals surface area contributed by atoms with E-state index < -0.39 is 0 Å². The fourth-order valence-electron chi connectivity index (χ4n) is 1.96. The second kappa shape index (κ2) is 4.00. The Morgan fingerprint density at radius 3 is 2.80 bits per heavy atom. The Balaban J connectivity index is 2.52. The van der Waals surface area contributed by atoms with E-state index in [-0.39, 0.29) is 0 Å². The summed E-state index contributed by atoms with van der Waals surface area (Å²) in [5.74, 6) is 0. The number of aryl methyl sites for hydroxylation is 2. The monoisotopic (exact) mass is 236 g/mol. The van der Waals surface area contributed by atoms with Crippen molar-refractivity contribution in [3.8, 4) is 0 Å². The Morgan fingerprint density at radius 2 is 2.07 bits per heavy atom. The van der Waals surface area contributed by atoms with Gasteiger partial charge in [0.1, 0.15) is 0 Å². The first kappa shape index (κ1) is 10.7. The van der Waals surface area contributed by atoms with Gasteiger partial charge in [0.15, 0.2) is 0 Å². The van der Waals surface area contributed by atoms with E-state index in [1.807, 2.05) is 0 Å². The molecule has 1 heterocycles. The molecule has 77 valence electrons. The van der Waals surface area contributed by atoms with Crippen molar-refractivity contribution in [2.75, 3.05) is 7.05 Å². The molecule has 2 rings (SSSR count). The van der Waals surface area contributed by atoms with E-state index in [1.54, 1.807) is 0 Å². The van der Waals surface area contributed by atoms with E-state index in [0.717, 1.165) is 18.5 Å². The summed E-state index contributed by atoms with van der Waals surface area (Å²) >= 11 is 2.66. The first-order valence-corrected chi connectivity index (χ1v) is 5.87. The number of hydrogen-bond donors (Lipinski definition) is 0. The van der Waals surface area contributed by atoms with Crippen LogP contribution in [0.3, 0.4) is 0 Å². The first-order valence-electron chi connectivity index (χ1n) is 5.17. The molecule has 1 aromatic carbocycles. The van der Waals surface area contributed by atoms with Crippen LogP contribution in [-0.2, 0) is 23.4 Å². The van der Waals surface area contributed by atoms with Crippen LogP contribution in [-0.4, -0.2) is 16.3 Å². The van der Waals surface area contributed by atoms with Crippen molar-refractivity contribution in [3.63, 3.8) is 0 Å². The van der Waals surface area contributed by atoms with E-state index in [9.17, 15) is 0 Å². The van der Waals surface area contributed by atoms with E-state index >= 15 is 0 Å². The van der Waals surface area contributed by atoms with Crippen molar-refractivity contribution >= 4 is 10.0 Å². The van der Waals surface area contributed by atoms with Crippen LogP contribution in [0.15, 0.2) is 24.8 Å². The molecule has 0 aliphatic carbocycles. The van der Waals surface area contributed by atoms with Gasteiger partial charge in [-0.15, -0.1) is 0 Å². The van der Waals surface area contributed by atoms with Crippen molar-refractivity contribution in [1.29, 1.82) is 0 Å². The van der Waals surface area contributed by atoms with Crippen molar-refractivity contribution in [2.45, 2.75) is 19.8 Å². The summed E-state index contributed by atoms with van der Waals surface area (Å²) in [6.07, 6.45) is 2.22. The third-order valence-electron chi connectivity index (χ3n) is 2.98. The van der Waals surface area contributed by atoms with E-state index in [1.165, 1.54) is 21.0 Å². The molecule has 2 heteroatoms. The fraction of sp³-hybridized carbons (Fsp3) is 0.308. The molecule has 0 unspecified atom stereocenters. The van der Waals surface area contributed by atoms with Crippen molar-refractivity contribution in [1.82, 2.24) is 4.90 Å². The number of hydrogen-bond acceptors (Lipinski definition) is 1. The molecule has 0 saturated heterocycles. The van der Waals surface area contributed by atoms with Gasteiger partial charge in [0.05, 0.1) is 0 Å². The average molecular weight is 236 g/mol. The van der Waals surface area contributed by atoms with E-state index in [0.29, 0.717) is 0 Å². The van der Waals surface area contributed by atoms with Gasteiger partial charge in [0.2, 0.25) is 0 Å². The summed E-state index contributed by atoms with van der Waals surface area (Å²) in [6, 6.07) is 6.63. The Bertz CT molecular complexity index is 434. The van der Waals surface area contributed by atoms with Crippen molar-refractivity contribution in [3.05, 3.63) is 41.5 Å². The van der Waals surface area contributed by atoms with Gasteiger partial charge < -0.3 is 0 Å². The van der Waals surface area contributed by atoms with Gasteiger partial charge in [0.25, 0.3) is 0 Å². The van der Waals surface area contributed by atoms with Crippen LogP contribution >= 0.6 is 0 Å². The van der Waals surface area contributed by atoms with Gasteiger partial charge in [-0.25, -0.2) is 0 Å². The molecule has 1 aliphatic heterocycles. The molecule has 1 aromatic rings. The van der Waals surface area contributed by atoms with Crippen LogP contribution in [0.5, 0.6) is 0 Å². The second-order valence-electron chi connectivity index (χ2n) is 4.08. The molecule has 0 fully saturated rings. The normalized spacial score (nSPS) is 16.2. The Morgan fingerprint density at radius 1 is 1.33 bits per heavy atom. The molecule has 0 amide bonds. The van der Waals surface area contributed by atoms with Crippen LogP contribution in [0, 0.1) is 6.92 Å². The molecule has 0 radical (unpaired) electrons. The summed E-state index contributed by atoms with van der Waals surface area (Å²) in [5.41, 5.74) is 5.16. The first-order chi connectivity index (χ1) is 7.09. The Hall–Kier alpha value is -0.786. The molecule has 0 atom stereocenters. The van der Waals surface area contributed by atoms with E-state index in [4.69, 9.17) is 0 Å². The molecular weight excluding hydrogens is 221 g/mol. The summed E-state index contributed by atoms with van der Waals surface area (Å²) in [4.78, 5) is 2.18. The number of nitrogens with zero attached hydrogens (tertiary/aromatic N) is 1. The van der Waals surface area contributed by atoms with Crippen LogP contribution in [0.25, 0.3) is 5.70 Å². The molecule has 1 aliphatic rings. The van der Waals surface area contributed by atoms with Crippen LogP contribution in [0.2, 0.25) is 0 Å². The molecular formula is C13H15NV. The molecule has 1 nitrogen and oxygen atoms in total. The zero-order chi connectivity index (χ0) is 11.0. The number of rotatable bonds is 0. The van der Waals surface area contributed by atoms with Gasteiger partial charge in [-0.1, -0.05) is 0 Å². The third kappa shape index (κ3) is 1.95. The molecule has 0 bridgehead atoms. The number of fused-ring (bicyclic) bond motifs is 1. The van der Waals surface area contributed by atoms with Crippen molar-refractivity contribution < 1.29 is 17.0 Å². The molecule has 0 aromatic heterocycles. The predicted molar refractivity (Wildman–Crippen MR) is 61.3 cm³/mol. The number of benzene rings is 1. The average Bonchev–Trinajstić information content (AvgIpc) is 2.32. The summed E-state index contributed by atoms with van der Waals surface area (Å²) in [5, 5.41) is 0. The zero-order valence-corrected chi connectivity index (χ0v) is 10.6. The van der Waals surface area contributed by atoms with Gasteiger partial charge in [-0.2, -0.15) is 0 Å². The summed E-state index contributed by atoms with van der Waals surface area (Å²) < 4.78 is 1.33. The second-order valence-corrected chi connectivity index (χ2v) is 4.89. The standard InChI is InChI=1S/C13H15N.V/c1-10-6-7-13-11(2)14(3)8-4-5-12(13)9-10;/h6-7,9H,2,4-5H2,1,3H3;. The SMILES string of the molecule is C=C1c2ccc(C)cc2CC[C](=[V])N1C. The predicted octanol–water partition coefficient (Wildman–Crippen LogP) is 2.52. The van der Waals surface area contributed by atoms with Gasteiger partial charge >= 0.3 is 100 Å². The van der Waals surface area contributed by atoms with Gasteiger partial charge in [-0.05, 0) is 0 Å². The van der Waals surface area contributed by atoms with E-state index in [2.05, 4.69) is 60.6 Å². The molecule has 15 heavy (non-hydrogen) atoms. The maximum atomic E-state index is 4.17. The van der Waals surface area contributed by atoms with Crippen molar-refractivity contribution in [2.24, 2.45) is 0 Å². The van der Waals surface area contributed by atoms with Crippen LogP contribution < -0.4 is 0 Å². The minimum atomic E-state index is 1.10. The minimum absolute atomic E-state index is 1.10. The van der Waals surface area contributed by atoms with Crippen LogP contribution in [0.1, 0.15) is 23.1 Å². The van der Waals surface area contributed by atoms with Gasteiger partial charge in [0, 0.05) is 0 Å². The third-order valence-corrected chi connectivity index (χ3v) is 3.80. The maximum absolute atomic E-state index is 4.17.